The molecule has 0 saturated carbocycles. The second kappa shape index (κ2) is 6.67. The Morgan fingerprint density at radius 3 is 2.20 bits per heavy atom. The van der Waals surface area contributed by atoms with Gasteiger partial charge in [0.05, 0.1) is 23.4 Å². The van der Waals surface area contributed by atoms with Crippen LogP contribution in [0.1, 0.15) is 74.7 Å². The molecule has 2 heterocycles. The molecular weight excluding hydrogens is 320 g/mol. The van der Waals surface area contributed by atoms with E-state index in [1.165, 1.54) is 0 Å². The van der Waals surface area contributed by atoms with Gasteiger partial charge in [-0.1, -0.05) is 13.3 Å². The molecule has 2 aliphatic rings. The zero-order valence-electron chi connectivity index (χ0n) is 17.0. The summed E-state index contributed by atoms with van der Waals surface area (Å²) in [5.74, 6) is -0.359. The van der Waals surface area contributed by atoms with Crippen molar-refractivity contribution >= 4 is 5.97 Å². The van der Waals surface area contributed by atoms with Crippen LogP contribution >= 0.6 is 0 Å². The van der Waals surface area contributed by atoms with Crippen molar-refractivity contribution in [3.8, 4) is 0 Å². The summed E-state index contributed by atoms with van der Waals surface area (Å²) in [5.41, 5.74) is -1.54. The van der Waals surface area contributed by atoms with Gasteiger partial charge in [-0.05, 0) is 66.5 Å². The second-order valence-electron chi connectivity index (χ2n) is 8.94. The summed E-state index contributed by atoms with van der Waals surface area (Å²) < 4.78 is 23.8. The van der Waals surface area contributed by atoms with Crippen LogP contribution in [0.2, 0.25) is 0 Å². The van der Waals surface area contributed by atoms with E-state index in [0.717, 1.165) is 18.4 Å². The van der Waals surface area contributed by atoms with E-state index in [4.69, 9.17) is 18.9 Å². The summed E-state index contributed by atoms with van der Waals surface area (Å²) in [6.45, 7) is 16.3. The number of esters is 1. The molecule has 5 nitrogen and oxygen atoms in total. The van der Waals surface area contributed by atoms with Crippen LogP contribution in [0.4, 0.5) is 0 Å². The number of ether oxygens (including phenoxy) is 4. The summed E-state index contributed by atoms with van der Waals surface area (Å²) in [6.07, 6.45) is 3.82. The van der Waals surface area contributed by atoms with Crippen LogP contribution in [-0.2, 0) is 23.7 Å². The highest BCUT2D eigenvalue weighted by molar-refractivity contribution is 5.82. The van der Waals surface area contributed by atoms with Crippen LogP contribution in [0.5, 0.6) is 0 Å². The Morgan fingerprint density at radius 1 is 1.12 bits per heavy atom. The average Bonchev–Trinajstić information content (AvgIpc) is 2.65. The van der Waals surface area contributed by atoms with Gasteiger partial charge in [0.25, 0.3) is 0 Å². The maximum absolute atomic E-state index is 12.6. The summed E-state index contributed by atoms with van der Waals surface area (Å²) in [4.78, 5) is 12.6. The average molecular weight is 354 g/mol. The highest BCUT2D eigenvalue weighted by Crippen LogP contribution is 2.45. The molecule has 0 aromatic carbocycles. The third kappa shape index (κ3) is 4.26. The number of carbonyl (C=O) groups is 1. The molecule has 2 rings (SSSR count). The molecule has 5 heteroatoms. The Hall–Kier alpha value is -0.910. The van der Waals surface area contributed by atoms with E-state index >= 15 is 0 Å². The van der Waals surface area contributed by atoms with Gasteiger partial charge in [-0.15, -0.1) is 0 Å². The first-order valence-electron chi connectivity index (χ1n) is 9.27. The minimum Gasteiger partial charge on any atom is -0.463 e. The molecule has 1 unspecified atom stereocenters. The maximum atomic E-state index is 12.6. The van der Waals surface area contributed by atoms with Gasteiger partial charge >= 0.3 is 5.97 Å². The molecule has 0 N–H and O–H groups in total. The lowest BCUT2D eigenvalue weighted by Crippen LogP contribution is -2.49. The molecule has 0 radical (unpaired) electrons. The molecule has 25 heavy (non-hydrogen) atoms. The minimum atomic E-state index is -1.13. The maximum Gasteiger partial charge on any atom is 0.342 e. The number of hydrogen-bond acceptors (Lipinski definition) is 5. The highest BCUT2D eigenvalue weighted by Gasteiger charge is 2.53. The van der Waals surface area contributed by atoms with E-state index in [0.29, 0.717) is 13.0 Å². The van der Waals surface area contributed by atoms with Gasteiger partial charge in [0.1, 0.15) is 0 Å². The first kappa shape index (κ1) is 20.4. The van der Waals surface area contributed by atoms with Gasteiger partial charge < -0.3 is 18.9 Å². The van der Waals surface area contributed by atoms with Crippen molar-refractivity contribution in [2.45, 2.75) is 103 Å². The summed E-state index contributed by atoms with van der Waals surface area (Å²) in [7, 11) is 0. The molecule has 1 saturated heterocycles. The van der Waals surface area contributed by atoms with Crippen LogP contribution in [-0.4, -0.2) is 41.3 Å². The Balaban J connectivity index is 2.25. The first-order valence-corrected chi connectivity index (χ1v) is 9.27. The van der Waals surface area contributed by atoms with Crippen molar-refractivity contribution in [3.05, 3.63) is 11.6 Å². The van der Waals surface area contributed by atoms with Gasteiger partial charge in [-0.2, -0.15) is 0 Å². The van der Waals surface area contributed by atoms with Gasteiger partial charge in [-0.3, -0.25) is 0 Å². The number of rotatable bonds is 5. The summed E-state index contributed by atoms with van der Waals surface area (Å²) in [5, 5.41) is 0. The lowest BCUT2D eigenvalue weighted by molar-refractivity contribution is -0.184. The fourth-order valence-electron chi connectivity index (χ4n) is 3.23. The van der Waals surface area contributed by atoms with Gasteiger partial charge in [0.2, 0.25) is 0 Å². The van der Waals surface area contributed by atoms with E-state index in [-0.39, 0.29) is 5.97 Å². The Kier molecular flexibility index (Phi) is 5.45. The summed E-state index contributed by atoms with van der Waals surface area (Å²) >= 11 is 0. The Morgan fingerprint density at radius 2 is 1.68 bits per heavy atom. The molecule has 0 aliphatic carbocycles. The van der Waals surface area contributed by atoms with E-state index in [1.807, 2.05) is 47.6 Å². The van der Waals surface area contributed by atoms with Crippen LogP contribution in [0.25, 0.3) is 0 Å². The lowest BCUT2D eigenvalue weighted by Gasteiger charge is -2.41. The van der Waals surface area contributed by atoms with Crippen LogP contribution in [0.15, 0.2) is 11.6 Å². The fourth-order valence-corrected chi connectivity index (χ4v) is 3.23. The smallest absolute Gasteiger partial charge is 0.342 e. The predicted molar refractivity (Wildman–Crippen MR) is 96.3 cm³/mol. The van der Waals surface area contributed by atoms with Gasteiger partial charge in [0, 0.05) is 6.42 Å². The molecular formula is C20H34O5. The minimum absolute atomic E-state index is 0.359. The third-order valence-corrected chi connectivity index (χ3v) is 5.27. The van der Waals surface area contributed by atoms with Crippen molar-refractivity contribution < 1.29 is 23.7 Å². The summed E-state index contributed by atoms with van der Waals surface area (Å²) in [6, 6.07) is 0. The number of carbonyl (C=O) groups excluding carboxylic acids is 1. The zero-order valence-corrected chi connectivity index (χ0v) is 17.0. The van der Waals surface area contributed by atoms with Gasteiger partial charge in [-0.25, -0.2) is 4.79 Å². The quantitative estimate of drug-likeness (QED) is 0.422. The Bertz CT molecular complexity index is 530. The van der Waals surface area contributed by atoms with Crippen molar-refractivity contribution in [2.75, 3.05) is 6.61 Å². The fraction of sp³-hybridized carbons (Fsp3) is 0.850. The molecule has 0 amide bonds. The normalized spacial score (nSPS) is 30.8. The number of hydrogen-bond donors (Lipinski definition) is 0. The molecule has 0 spiro atoms. The molecule has 1 fully saturated rings. The van der Waals surface area contributed by atoms with E-state index < -0.39 is 28.7 Å². The lowest BCUT2D eigenvalue weighted by atomic mass is 9.88. The molecule has 0 bridgehead atoms. The zero-order chi connectivity index (χ0) is 19.1. The van der Waals surface area contributed by atoms with Crippen LogP contribution < -0.4 is 0 Å². The van der Waals surface area contributed by atoms with E-state index in [1.54, 1.807) is 6.92 Å². The SMILES string of the molecule is CCCCOC(=O)C1(C)C=C(C2OC(C)(C)C(C)(C)O2)CC(C)(C)O1. The van der Waals surface area contributed by atoms with Crippen molar-refractivity contribution in [1.82, 2.24) is 0 Å². The highest BCUT2D eigenvalue weighted by atomic mass is 16.7. The molecule has 2 aliphatic heterocycles. The second-order valence-corrected chi connectivity index (χ2v) is 8.94. The predicted octanol–water partition coefficient (Wildman–Crippen LogP) is 4.14. The van der Waals surface area contributed by atoms with E-state index in [9.17, 15) is 4.79 Å². The monoisotopic (exact) mass is 354 g/mol. The van der Waals surface area contributed by atoms with Crippen LogP contribution in [0.3, 0.4) is 0 Å². The molecule has 144 valence electrons. The van der Waals surface area contributed by atoms with Crippen molar-refractivity contribution in [3.63, 3.8) is 0 Å². The van der Waals surface area contributed by atoms with Crippen molar-refractivity contribution in [1.29, 1.82) is 0 Å². The van der Waals surface area contributed by atoms with Crippen molar-refractivity contribution in [2.24, 2.45) is 0 Å². The molecule has 0 aromatic heterocycles. The largest absolute Gasteiger partial charge is 0.463 e. The molecule has 0 aromatic rings. The standard InChI is InChI=1S/C20H34O5/c1-9-10-11-22-16(21)20(8)13-14(12-17(2,3)25-20)15-23-18(4,5)19(6,7)24-15/h13,15H,9-12H2,1-8H3. The molecule has 1 atom stereocenters. The van der Waals surface area contributed by atoms with Crippen LogP contribution in [0, 0.1) is 0 Å². The van der Waals surface area contributed by atoms with E-state index in [2.05, 4.69) is 6.92 Å². The third-order valence-electron chi connectivity index (χ3n) is 5.27. The Labute approximate surface area is 152 Å². The number of unbranched alkanes of at least 4 members (excludes halogenated alkanes) is 1. The topological polar surface area (TPSA) is 54.0 Å². The first-order chi connectivity index (χ1) is 11.3. The van der Waals surface area contributed by atoms with Gasteiger partial charge in [0.15, 0.2) is 11.9 Å².